The number of aliphatic hydroxyl groups excluding tert-OH is 1. The third-order valence-electron chi connectivity index (χ3n) is 3.38. The molecule has 0 bridgehead atoms. The maximum atomic E-state index is 9.21. The molecular formula is C16H27NO2. The zero-order chi connectivity index (χ0) is 14.3. The van der Waals surface area contributed by atoms with Crippen LogP contribution in [0.25, 0.3) is 0 Å². The molecule has 0 aromatic heterocycles. The van der Waals surface area contributed by atoms with Crippen molar-refractivity contribution >= 4 is 0 Å². The molecule has 1 aromatic rings. The quantitative estimate of drug-likeness (QED) is 0.759. The van der Waals surface area contributed by atoms with E-state index in [1.807, 2.05) is 12.1 Å². The summed E-state index contributed by atoms with van der Waals surface area (Å²) in [4.78, 5) is 0. The van der Waals surface area contributed by atoms with Gasteiger partial charge in [0, 0.05) is 24.6 Å². The Morgan fingerprint density at radius 1 is 1.26 bits per heavy atom. The normalized spacial score (nSPS) is 13.3. The summed E-state index contributed by atoms with van der Waals surface area (Å²) in [5, 5.41) is 12.7. The van der Waals surface area contributed by atoms with Gasteiger partial charge in [-0.25, -0.2) is 0 Å². The van der Waals surface area contributed by atoms with Crippen molar-refractivity contribution in [1.29, 1.82) is 0 Å². The summed E-state index contributed by atoms with van der Waals surface area (Å²) >= 11 is 0. The Hall–Kier alpha value is -1.06. The Morgan fingerprint density at radius 3 is 2.42 bits per heavy atom. The molecule has 0 aliphatic carbocycles. The van der Waals surface area contributed by atoms with Crippen LogP contribution in [0.1, 0.15) is 32.8 Å². The topological polar surface area (TPSA) is 41.5 Å². The van der Waals surface area contributed by atoms with Crippen molar-refractivity contribution in [1.82, 2.24) is 5.32 Å². The van der Waals surface area contributed by atoms with E-state index in [1.165, 1.54) is 5.56 Å². The van der Waals surface area contributed by atoms with Crippen molar-refractivity contribution in [3.8, 4) is 5.75 Å². The van der Waals surface area contributed by atoms with Gasteiger partial charge in [-0.3, -0.25) is 0 Å². The van der Waals surface area contributed by atoms with Crippen LogP contribution >= 0.6 is 0 Å². The highest BCUT2D eigenvalue weighted by molar-refractivity contribution is 5.27. The van der Waals surface area contributed by atoms with Crippen molar-refractivity contribution in [2.24, 2.45) is 5.41 Å². The Morgan fingerprint density at radius 2 is 1.89 bits per heavy atom. The summed E-state index contributed by atoms with van der Waals surface area (Å²) in [5.74, 6) is 0.902. The van der Waals surface area contributed by atoms with Crippen LogP contribution in [0.5, 0.6) is 5.75 Å². The summed E-state index contributed by atoms with van der Waals surface area (Å²) in [6, 6.07) is 8.68. The summed E-state index contributed by atoms with van der Waals surface area (Å²) in [7, 11) is 1.68. The molecular weight excluding hydrogens is 238 g/mol. The standard InChI is InChI=1S/C16H27NO2/c1-13(17-11-16(2,3)12-18)5-6-14-7-9-15(19-4)10-8-14/h7-10,13,17-18H,5-6,11-12H2,1-4H3. The van der Waals surface area contributed by atoms with Gasteiger partial charge in [0.2, 0.25) is 0 Å². The summed E-state index contributed by atoms with van der Waals surface area (Å²) < 4.78 is 5.15. The first-order chi connectivity index (χ1) is 8.96. The average molecular weight is 265 g/mol. The van der Waals surface area contributed by atoms with Crippen LogP contribution in [0, 0.1) is 5.41 Å². The van der Waals surface area contributed by atoms with Crippen LogP contribution in [0.3, 0.4) is 0 Å². The number of ether oxygens (including phenoxy) is 1. The lowest BCUT2D eigenvalue weighted by molar-refractivity contribution is 0.153. The molecule has 0 amide bonds. The molecule has 0 spiro atoms. The van der Waals surface area contributed by atoms with E-state index in [2.05, 4.69) is 38.2 Å². The Kier molecular flexibility index (Phi) is 6.32. The summed E-state index contributed by atoms with van der Waals surface area (Å²) in [6.45, 7) is 7.38. The lowest BCUT2D eigenvalue weighted by Gasteiger charge is -2.25. The second-order valence-corrected chi connectivity index (χ2v) is 5.99. The fourth-order valence-electron chi connectivity index (χ4n) is 1.78. The summed E-state index contributed by atoms with van der Waals surface area (Å²) in [6.07, 6.45) is 2.14. The third kappa shape index (κ3) is 6.08. The molecule has 0 radical (unpaired) electrons. The molecule has 0 fully saturated rings. The van der Waals surface area contributed by atoms with Crippen molar-refractivity contribution in [2.45, 2.75) is 39.7 Å². The first-order valence-electron chi connectivity index (χ1n) is 6.94. The largest absolute Gasteiger partial charge is 0.497 e. The van der Waals surface area contributed by atoms with Crippen molar-refractivity contribution in [2.75, 3.05) is 20.3 Å². The molecule has 108 valence electrons. The van der Waals surface area contributed by atoms with Crippen molar-refractivity contribution in [3.63, 3.8) is 0 Å². The number of methoxy groups -OCH3 is 1. The van der Waals surface area contributed by atoms with E-state index < -0.39 is 0 Å². The number of hydrogen-bond acceptors (Lipinski definition) is 3. The minimum absolute atomic E-state index is 0.0472. The number of aryl methyl sites for hydroxylation is 1. The van der Waals surface area contributed by atoms with E-state index in [-0.39, 0.29) is 12.0 Å². The van der Waals surface area contributed by atoms with Gasteiger partial charge in [0.1, 0.15) is 5.75 Å². The molecule has 0 aliphatic rings. The van der Waals surface area contributed by atoms with Gasteiger partial charge in [-0.1, -0.05) is 26.0 Å². The third-order valence-corrected chi connectivity index (χ3v) is 3.38. The molecule has 0 heterocycles. The second-order valence-electron chi connectivity index (χ2n) is 5.99. The maximum absolute atomic E-state index is 9.21. The highest BCUT2D eigenvalue weighted by atomic mass is 16.5. The van der Waals surface area contributed by atoms with Crippen LogP contribution in [0.2, 0.25) is 0 Å². The average Bonchev–Trinajstić information content (AvgIpc) is 2.43. The molecule has 2 N–H and O–H groups in total. The Labute approximate surface area is 117 Å². The minimum Gasteiger partial charge on any atom is -0.497 e. The first-order valence-corrected chi connectivity index (χ1v) is 6.94. The highest BCUT2D eigenvalue weighted by Gasteiger charge is 2.16. The van der Waals surface area contributed by atoms with E-state index in [0.29, 0.717) is 6.04 Å². The predicted molar refractivity (Wildman–Crippen MR) is 79.6 cm³/mol. The first kappa shape index (κ1) is 16.0. The van der Waals surface area contributed by atoms with Gasteiger partial charge >= 0.3 is 0 Å². The van der Waals surface area contributed by atoms with Gasteiger partial charge in [-0.05, 0) is 37.5 Å². The number of hydrogen-bond donors (Lipinski definition) is 2. The van der Waals surface area contributed by atoms with E-state index in [9.17, 15) is 5.11 Å². The maximum Gasteiger partial charge on any atom is 0.118 e. The fourth-order valence-corrected chi connectivity index (χ4v) is 1.78. The van der Waals surface area contributed by atoms with Crippen LogP contribution in [-0.2, 0) is 6.42 Å². The van der Waals surface area contributed by atoms with Gasteiger partial charge in [0.05, 0.1) is 7.11 Å². The number of benzene rings is 1. The fraction of sp³-hybridized carbons (Fsp3) is 0.625. The van der Waals surface area contributed by atoms with Crippen LogP contribution in [0.4, 0.5) is 0 Å². The van der Waals surface area contributed by atoms with E-state index in [4.69, 9.17) is 4.74 Å². The predicted octanol–water partition coefficient (Wildman–Crippen LogP) is 2.62. The van der Waals surface area contributed by atoms with Crippen molar-refractivity contribution in [3.05, 3.63) is 29.8 Å². The second kappa shape index (κ2) is 7.51. The number of aliphatic hydroxyl groups is 1. The minimum atomic E-state index is -0.0472. The smallest absolute Gasteiger partial charge is 0.118 e. The summed E-state index contributed by atoms with van der Waals surface area (Å²) in [5.41, 5.74) is 1.28. The molecule has 3 heteroatoms. The molecule has 19 heavy (non-hydrogen) atoms. The highest BCUT2D eigenvalue weighted by Crippen LogP contribution is 2.14. The van der Waals surface area contributed by atoms with Gasteiger partial charge in [-0.2, -0.15) is 0 Å². The lowest BCUT2D eigenvalue weighted by atomic mass is 9.94. The van der Waals surface area contributed by atoms with E-state index in [1.54, 1.807) is 7.11 Å². The molecule has 1 aromatic carbocycles. The molecule has 0 saturated heterocycles. The molecule has 3 nitrogen and oxygen atoms in total. The Balaban J connectivity index is 2.31. The van der Waals surface area contributed by atoms with Crippen LogP contribution in [-0.4, -0.2) is 31.4 Å². The van der Waals surface area contributed by atoms with E-state index in [0.717, 1.165) is 25.1 Å². The molecule has 1 atom stereocenters. The molecule has 0 aliphatic heterocycles. The molecule has 0 saturated carbocycles. The van der Waals surface area contributed by atoms with Gasteiger partial charge in [0.15, 0.2) is 0 Å². The SMILES string of the molecule is COc1ccc(CCC(C)NCC(C)(C)CO)cc1. The van der Waals surface area contributed by atoms with Crippen molar-refractivity contribution < 1.29 is 9.84 Å². The zero-order valence-corrected chi connectivity index (χ0v) is 12.6. The van der Waals surface area contributed by atoms with Crippen LogP contribution < -0.4 is 10.1 Å². The lowest BCUT2D eigenvalue weighted by Crippen LogP contribution is -2.37. The number of rotatable bonds is 8. The van der Waals surface area contributed by atoms with Gasteiger partial charge < -0.3 is 15.2 Å². The van der Waals surface area contributed by atoms with Gasteiger partial charge in [0.25, 0.3) is 0 Å². The number of nitrogens with one attached hydrogen (secondary N) is 1. The van der Waals surface area contributed by atoms with E-state index >= 15 is 0 Å². The Bertz CT molecular complexity index is 360. The molecule has 1 rings (SSSR count). The molecule has 1 unspecified atom stereocenters. The van der Waals surface area contributed by atoms with Gasteiger partial charge in [-0.15, -0.1) is 0 Å². The zero-order valence-electron chi connectivity index (χ0n) is 12.6. The van der Waals surface area contributed by atoms with Crippen LogP contribution in [0.15, 0.2) is 24.3 Å². The monoisotopic (exact) mass is 265 g/mol.